The average Bonchev–Trinajstić information content (AvgIpc) is 2.16. The molecule has 5 heteroatoms. The van der Waals surface area contributed by atoms with E-state index in [0.29, 0.717) is 6.42 Å². The van der Waals surface area contributed by atoms with Gasteiger partial charge in [0.25, 0.3) is 0 Å². The largest absolute Gasteiger partial charge is 0.481 e. The van der Waals surface area contributed by atoms with Gasteiger partial charge in [0, 0.05) is 19.0 Å². The van der Waals surface area contributed by atoms with Crippen LogP contribution in [0.2, 0.25) is 0 Å². The molecule has 0 aromatic heterocycles. The second kappa shape index (κ2) is 6.59. The number of carboxylic acids is 1. The molecular weight excluding hydrogens is 220 g/mol. The molecule has 0 saturated heterocycles. The minimum atomic E-state index is -0.882. The van der Waals surface area contributed by atoms with E-state index in [1.165, 1.54) is 0 Å². The molecule has 0 aliphatic rings. The molecule has 0 heterocycles. The van der Waals surface area contributed by atoms with Crippen LogP contribution in [0.4, 0.5) is 0 Å². The monoisotopic (exact) mass is 244 g/mol. The number of nitrogens with one attached hydrogen (secondary N) is 1. The minimum absolute atomic E-state index is 0.131. The number of carboxylic acid groups (broad SMARTS) is 1. The Morgan fingerprint density at radius 2 is 1.88 bits per heavy atom. The van der Waals surface area contributed by atoms with Crippen LogP contribution in [-0.2, 0) is 9.59 Å². The molecule has 0 rings (SSSR count). The summed E-state index contributed by atoms with van der Waals surface area (Å²) in [6.45, 7) is 7.86. The molecule has 0 fully saturated rings. The Labute approximate surface area is 103 Å². The van der Waals surface area contributed by atoms with E-state index in [2.05, 4.69) is 5.32 Å². The highest BCUT2D eigenvalue weighted by Gasteiger charge is 2.23. The lowest BCUT2D eigenvalue weighted by atomic mass is 9.85. The molecule has 4 N–H and O–H groups in total. The summed E-state index contributed by atoms with van der Waals surface area (Å²) < 4.78 is 0. The fourth-order valence-corrected chi connectivity index (χ4v) is 1.22. The van der Waals surface area contributed by atoms with E-state index in [4.69, 9.17) is 10.8 Å². The first-order valence-corrected chi connectivity index (χ1v) is 5.93. The zero-order valence-electron chi connectivity index (χ0n) is 11.1. The Balaban J connectivity index is 4.07. The Kier molecular flexibility index (Phi) is 6.16. The molecule has 0 bridgehead atoms. The van der Waals surface area contributed by atoms with Crippen molar-refractivity contribution in [3.8, 4) is 0 Å². The zero-order chi connectivity index (χ0) is 13.6. The Hall–Kier alpha value is -1.10. The third kappa shape index (κ3) is 6.26. The fourth-order valence-electron chi connectivity index (χ4n) is 1.22. The maximum atomic E-state index is 11.6. The number of hydrogen-bond acceptors (Lipinski definition) is 3. The van der Waals surface area contributed by atoms with Crippen molar-refractivity contribution in [1.82, 2.24) is 5.32 Å². The predicted molar refractivity (Wildman–Crippen MR) is 66.5 cm³/mol. The lowest BCUT2D eigenvalue weighted by Crippen LogP contribution is -2.41. The number of amides is 1. The lowest BCUT2D eigenvalue weighted by Gasteiger charge is -2.26. The first kappa shape index (κ1) is 15.9. The molecule has 17 heavy (non-hydrogen) atoms. The predicted octanol–water partition coefficient (Wildman–Crippen LogP) is 0.977. The molecule has 0 aliphatic heterocycles. The summed E-state index contributed by atoms with van der Waals surface area (Å²) in [7, 11) is 0. The Morgan fingerprint density at radius 1 is 1.35 bits per heavy atom. The molecular formula is C12H24N2O3. The van der Waals surface area contributed by atoms with E-state index in [1.54, 1.807) is 6.92 Å². The molecule has 0 aliphatic carbocycles. The Morgan fingerprint density at radius 3 is 2.24 bits per heavy atom. The van der Waals surface area contributed by atoms with Gasteiger partial charge in [0.2, 0.25) is 5.91 Å². The van der Waals surface area contributed by atoms with Gasteiger partial charge in [-0.15, -0.1) is 0 Å². The molecule has 0 spiro atoms. The molecule has 100 valence electrons. The fraction of sp³-hybridized carbons (Fsp3) is 0.833. The van der Waals surface area contributed by atoms with E-state index in [0.717, 1.165) is 0 Å². The van der Waals surface area contributed by atoms with Crippen LogP contribution >= 0.6 is 0 Å². The summed E-state index contributed by atoms with van der Waals surface area (Å²) >= 11 is 0. The van der Waals surface area contributed by atoms with E-state index < -0.39 is 11.9 Å². The van der Waals surface area contributed by atoms with Gasteiger partial charge in [0.15, 0.2) is 0 Å². The van der Waals surface area contributed by atoms with Crippen molar-refractivity contribution in [3.05, 3.63) is 0 Å². The summed E-state index contributed by atoms with van der Waals surface area (Å²) in [6, 6.07) is -0.229. The van der Waals surface area contributed by atoms with E-state index in [-0.39, 0.29) is 30.3 Å². The number of nitrogens with two attached hydrogens (primary N) is 1. The van der Waals surface area contributed by atoms with Gasteiger partial charge in [-0.25, -0.2) is 0 Å². The molecule has 0 aromatic rings. The summed E-state index contributed by atoms with van der Waals surface area (Å²) in [5.74, 6) is -1.59. The highest BCUT2D eigenvalue weighted by molar-refractivity contribution is 5.78. The van der Waals surface area contributed by atoms with Gasteiger partial charge in [0.05, 0.1) is 5.92 Å². The van der Waals surface area contributed by atoms with Crippen LogP contribution in [0.5, 0.6) is 0 Å². The van der Waals surface area contributed by atoms with Crippen LogP contribution in [0.15, 0.2) is 0 Å². The van der Waals surface area contributed by atoms with E-state index in [9.17, 15) is 9.59 Å². The molecule has 2 atom stereocenters. The van der Waals surface area contributed by atoms with Gasteiger partial charge in [-0.3, -0.25) is 9.59 Å². The Bertz CT molecular complexity index is 271. The normalized spacial score (nSPS) is 15.1. The summed E-state index contributed by atoms with van der Waals surface area (Å²) in [4.78, 5) is 22.3. The SMILES string of the molecule is CCC(CNC(=O)CC(N)C(C)(C)C)C(=O)O. The standard InChI is InChI=1S/C12H24N2O3/c1-5-8(11(16)17)7-14-10(15)6-9(13)12(2,3)4/h8-9H,5-7,13H2,1-4H3,(H,14,15)(H,16,17). The van der Waals surface area contributed by atoms with Crippen LogP contribution < -0.4 is 11.1 Å². The first-order chi connectivity index (χ1) is 7.68. The van der Waals surface area contributed by atoms with Gasteiger partial charge >= 0.3 is 5.97 Å². The second-order valence-corrected chi connectivity index (χ2v) is 5.42. The molecule has 0 radical (unpaired) electrons. The van der Waals surface area contributed by atoms with Gasteiger partial charge in [-0.2, -0.15) is 0 Å². The van der Waals surface area contributed by atoms with Crippen molar-refractivity contribution in [2.45, 2.75) is 46.6 Å². The molecule has 0 saturated carbocycles. The van der Waals surface area contributed by atoms with Crippen molar-refractivity contribution >= 4 is 11.9 Å². The van der Waals surface area contributed by atoms with Crippen molar-refractivity contribution < 1.29 is 14.7 Å². The maximum absolute atomic E-state index is 11.6. The van der Waals surface area contributed by atoms with E-state index >= 15 is 0 Å². The third-order valence-electron chi connectivity index (χ3n) is 2.91. The summed E-state index contributed by atoms with van der Waals surface area (Å²) in [5, 5.41) is 11.4. The smallest absolute Gasteiger partial charge is 0.308 e. The highest BCUT2D eigenvalue weighted by Crippen LogP contribution is 2.19. The first-order valence-electron chi connectivity index (χ1n) is 5.93. The van der Waals surface area contributed by atoms with Crippen molar-refractivity contribution in [2.75, 3.05) is 6.54 Å². The minimum Gasteiger partial charge on any atom is -0.481 e. The summed E-state index contributed by atoms with van der Waals surface area (Å²) in [6.07, 6.45) is 0.723. The number of hydrogen-bond donors (Lipinski definition) is 3. The van der Waals surface area contributed by atoms with E-state index in [1.807, 2.05) is 20.8 Å². The van der Waals surface area contributed by atoms with Gasteiger partial charge in [0.1, 0.15) is 0 Å². The van der Waals surface area contributed by atoms with Crippen LogP contribution in [0.1, 0.15) is 40.5 Å². The van der Waals surface area contributed by atoms with Crippen molar-refractivity contribution in [1.29, 1.82) is 0 Å². The topological polar surface area (TPSA) is 92.4 Å². The van der Waals surface area contributed by atoms with Crippen LogP contribution in [-0.4, -0.2) is 29.6 Å². The molecule has 1 amide bonds. The number of carbonyl (C=O) groups is 2. The molecule has 0 aromatic carbocycles. The zero-order valence-corrected chi connectivity index (χ0v) is 11.1. The van der Waals surface area contributed by atoms with Crippen molar-refractivity contribution in [2.24, 2.45) is 17.1 Å². The van der Waals surface area contributed by atoms with Crippen LogP contribution in [0.25, 0.3) is 0 Å². The van der Waals surface area contributed by atoms with Gasteiger partial charge < -0.3 is 16.2 Å². The van der Waals surface area contributed by atoms with Gasteiger partial charge in [-0.1, -0.05) is 27.7 Å². The number of carbonyl (C=O) groups excluding carboxylic acids is 1. The maximum Gasteiger partial charge on any atom is 0.308 e. The third-order valence-corrected chi connectivity index (χ3v) is 2.91. The van der Waals surface area contributed by atoms with Crippen LogP contribution in [0, 0.1) is 11.3 Å². The van der Waals surface area contributed by atoms with Gasteiger partial charge in [-0.05, 0) is 11.8 Å². The average molecular weight is 244 g/mol. The highest BCUT2D eigenvalue weighted by atomic mass is 16.4. The quantitative estimate of drug-likeness (QED) is 0.649. The number of aliphatic carboxylic acids is 1. The second-order valence-electron chi connectivity index (χ2n) is 5.42. The number of rotatable bonds is 6. The van der Waals surface area contributed by atoms with Crippen molar-refractivity contribution in [3.63, 3.8) is 0 Å². The lowest BCUT2D eigenvalue weighted by molar-refractivity contribution is -0.141. The molecule has 5 nitrogen and oxygen atoms in total. The summed E-state index contributed by atoms with van der Waals surface area (Å²) in [5.41, 5.74) is 5.74. The van der Waals surface area contributed by atoms with Crippen LogP contribution in [0.3, 0.4) is 0 Å². The molecule has 2 unspecified atom stereocenters.